The molecule has 3 atom stereocenters. The van der Waals surface area contributed by atoms with Crippen molar-refractivity contribution in [2.24, 2.45) is 10.9 Å². The molecule has 2 heterocycles. The lowest BCUT2D eigenvalue weighted by Crippen LogP contribution is -2.68. The summed E-state index contributed by atoms with van der Waals surface area (Å²) < 4.78 is 8.70. The fourth-order valence-electron chi connectivity index (χ4n) is 3.58. The second kappa shape index (κ2) is 8.84. The second-order valence-corrected chi connectivity index (χ2v) is 15.8. The molecule has 1 amide bonds. The normalized spacial score (nSPS) is 26.4. The van der Waals surface area contributed by atoms with Crippen molar-refractivity contribution in [3.05, 3.63) is 44.9 Å². The molecule has 2 aliphatic heterocycles. The quantitative estimate of drug-likeness (QED) is 0.253. The van der Waals surface area contributed by atoms with Gasteiger partial charge in [0.15, 0.2) is 13.5 Å². The number of fused-ring (bicyclic) bond motifs is 1. The summed E-state index contributed by atoms with van der Waals surface area (Å²) in [5, 5.41) is 0.958. The van der Waals surface area contributed by atoms with Crippen LogP contribution >= 0.6 is 34.4 Å². The molecule has 2 saturated heterocycles. The SMILES string of the molecule is C[C@@H](O[Si](C)(C)C(C)(C)C)[C@H]1C(=O)N2C(=NCc3ccccc3)S/C(=C/I)C[C@H]12. The lowest BCUT2D eigenvalue weighted by molar-refractivity contribution is -0.154. The number of rotatable bonds is 5. The second-order valence-electron chi connectivity index (χ2n) is 9.35. The first-order chi connectivity index (χ1) is 13.5. The molecule has 0 radical (unpaired) electrons. The third-order valence-electron chi connectivity index (χ3n) is 6.26. The number of amidine groups is 1. The summed E-state index contributed by atoms with van der Waals surface area (Å²) in [6.45, 7) is 13.9. The van der Waals surface area contributed by atoms with Gasteiger partial charge in [0, 0.05) is 11.3 Å². The summed E-state index contributed by atoms with van der Waals surface area (Å²) in [6, 6.07) is 10.3. The highest BCUT2D eigenvalue weighted by Gasteiger charge is 2.55. The van der Waals surface area contributed by atoms with Crippen molar-refractivity contribution in [3.63, 3.8) is 0 Å². The number of β-lactam (4-membered cyclic amide) rings is 1. The molecule has 7 heteroatoms. The Bertz CT molecular complexity index is 820. The molecule has 0 saturated carbocycles. The fraction of sp³-hybridized carbons (Fsp3) is 0.545. The molecule has 1 aromatic rings. The van der Waals surface area contributed by atoms with E-state index in [0.29, 0.717) is 6.54 Å². The van der Waals surface area contributed by atoms with E-state index >= 15 is 0 Å². The zero-order valence-corrected chi connectivity index (χ0v) is 22.1. The Hall–Kier alpha value is -0.643. The van der Waals surface area contributed by atoms with Gasteiger partial charge in [-0.3, -0.25) is 14.7 Å². The van der Waals surface area contributed by atoms with Crippen molar-refractivity contribution in [3.8, 4) is 0 Å². The van der Waals surface area contributed by atoms with Gasteiger partial charge in [-0.15, -0.1) is 0 Å². The van der Waals surface area contributed by atoms with E-state index < -0.39 is 8.32 Å². The highest BCUT2D eigenvalue weighted by molar-refractivity contribution is 14.1. The van der Waals surface area contributed by atoms with Crippen LogP contribution in [0.4, 0.5) is 0 Å². The third kappa shape index (κ3) is 4.83. The van der Waals surface area contributed by atoms with Gasteiger partial charge in [0.25, 0.3) is 0 Å². The molecular formula is C22H31IN2O2SSi. The Labute approximate surface area is 193 Å². The van der Waals surface area contributed by atoms with Crippen LogP contribution < -0.4 is 0 Å². The number of amides is 1. The Kier molecular flexibility index (Phi) is 7.02. The van der Waals surface area contributed by atoms with Crippen LogP contribution in [0.25, 0.3) is 0 Å². The van der Waals surface area contributed by atoms with E-state index in [-0.39, 0.29) is 29.0 Å². The maximum Gasteiger partial charge on any atom is 0.236 e. The van der Waals surface area contributed by atoms with Crippen LogP contribution in [0.2, 0.25) is 18.1 Å². The molecule has 0 N–H and O–H groups in total. The highest BCUT2D eigenvalue weighted by Crippen LogP contribution is 2.46. The van der Waals surface area contributed by atoms with Crippen LogP contribution in [0.5, 0.6) is 0 Å². The van der Waals surface area contributed by atoms with Crippen molar-refractivity contribution in [2.75, 3.05) is 0 Å². The lowest BCUT2D eigenvalue weighted by atomic mass is 9.81. The van der Waals surface area contributed by atoms with Crippen molar-refractivity contribution in [1.82, 2.24) is 4.90 Å². The fourth-order valence-corrected chi connectivity index (χ4v) is 6.63. The number of nitrogens with zero attached hydrogens (tertiary/aromatic N) is 2. The molecule has 2 aliphatic rings. The molecule has 0 unspecified atom stereocenters. The summed E-state index contributed by atoms with van der Waals surface area (Å²) >= 11 is 3.92. The minimum atomic E-state index is -1.92. The molecule has 1 aromatic carbocycles. The smallest absolute Gasteiger partial charge is 0.236 e. The van der Waals surface area contributed by atoms with E-state index in [1.54, 1.807) is 11.8 Å². The lowest BCUT2D eigenvalue weighted by Gasteiger charge is -2.53. The van der Waals surface area contributed by atoms with Crippen LogP contribution in [-0.4, -0.2) is 36.4 Å². The molecule has 2 fully saturated rings. The number of benzene rings is 1. The maximum atomic E-state index is 13.1. The number of hydrogen-bond donors (Lipinski definition) is 0. The van der Waals surface area contributed by atoms with Crippen molar-refractivity contribution in [1.29, 1.82) is 0 Å². The van der Waals surface area contributed by atoms with Gasteiger partial charge < -0.3 is 4.43 Å². The summed E-state index contributed by atoms with van der Waals surface area (Å²) in [6.07, 6.45) is 0.818. The van der Waals surface area contributed by atoms with Crippen LogP contribution in [-0.2, 0) is 15.8 Å². The van der Waals surface area contributed by atoms with Gasteiger partial charge in [-0.25, -0.2) is 0 Å². The number of hydrogen-bond acceptors (Lipinski definition) is 4. The van der Waals surface area contributed by atoms with Gasteiger partial charge >= 0.3 is 0 Å². The van der Waals surface area contributed by atoms with E-state index in [1.807, 2.05) is 23.1 Å². The standard InChI is InChI=1S/C22H31IN2O2SSi/c1-15(27-29(5,6)22(2,3)4)19-18-12-17(13-23)28-21(25(18)20(19)26)24-14-16-10-8-7-9-11-16/h7-11,13,15,18-19H,12,14H2,1-6H3/b17-13+,24-21?/t15-,18-,19-/m1/s1. The third-order valence-corrected chi connectivity index (χ3v) is 13.1. The van der Waals surface area contributed by atoms with Crippen LogP contribution in [0.3, 0.4) is 0 Å². The zero-order chi connectivity index (χ0) is 21.4. The van der Waals surface area contributed by atoms with Crippen LogP contribution in [0.1, 0.15) is 39.7 Å². The average molecular weight is 543 g/mol. The molecule has 0 aromatic heterocycles. The summed E-state index contributed by atoms with van der Waals surface area (Å²) in [5.41, 5.74) is 1.15. The monoisotopic (exact) mass is 542 g/mol. The summed E-state index contributed by atoms with van der Waals surface area (Å²) in [5.74, 6) is 0.0753. The van der Waals surface area contributed by atoms with Gasteiger partial charge in [0.1, 0.15) is 0 Å². The van der Waals surface area contributed by atoms with E-state index in [2.05, 4.69) is 79.6 Å². The maximum absolute atomic E-state index is 13.1. The Morgan fingerprint density at radius 1 is 1.34 bits per heavy atom. The van der Waals surface area contributed by atoms with E-state index in [9.17, 15) is 4.79 Å². The molecule has 0 aliphatic carbocycles. The molecule has 0 bridgehead atoms. The summed E-state index contributed by atoms with van der Waals surface area (Å²) in [4.78, 5) is 21.1. The van der Waals surface area contributed by atoms with Gasteiger partial charge in [-0.2, -0.15) is 0 Å². The number of carbonyl (C=O) groups excluding carboxylic acids is 1. The van der Waals surface area contributed by atoms with Gasteiger partial charge in [0.05, 0.1) is 24.6 Å². The summed E-state index contributed by atoms with van der Waals surface area (Å²) in [7, 11) is -1.92. The Balaban J connectivity index is 1.78. The van der Waals surface area contributed by atoms with Crippen LogP contribution in [0.15, 0.2) is 44.3 Å². The average Bonchev–Trinajstić information content (AvgIpc) is 2.64. The Morgan fingerprint density at radius 3 is 2.59 bits per heavy atom. The van der Waals surface area contributed by atoms with Crippen molar-refractivity contribution >= 4 is 53.7 Å². The predicted octanol–water partition coefficient (Wildman–Crippen LogP) is 6.19. The zero-order valence-electron chi connectivity index (χ0n) is 18.1. The van der Waals surface area contributed by atoms with E-state index in [4.69, 9.17) is 9.42 Å². The van der Waals surface area contributed by atoms with Gasteiger partial charge in [-0.05, 0) is 34.7 Å². The first-order valence-corrected chi connectivity index (χ1v) is 15.1. The number of carbonyl (C=O) groups is 1. The van der Waals surface area contributed by atoms with Crippen molar-refractivity contribution < 1.29 is 9.22 Å². The molecule has 158 valence electrons. The van der Waals surface area contributed by atoms with Crippen LogP contribution in [0, 0.1) is 5.92 Å². The number of halogens is 1. The largest absolute Gasteiger partial charge is 0.413 e. The van der Waals surface area contributed by atoms with Gasteiger partial charge in [0.2, 0.25) is 5.91 Å². The molecule has 0 spiro atoms. The number of aliphatic imine (C=N–C) groups is 1. The molecular weight excluding hydrogens is 511 g/mol. The molecule has 4 nitrogen and oxygen atoms in total. The highest BCUT2D eigenvalue weighted by atomic mass is 127. The minimum Gasteiger partial charge on any atom is -0.413 e. The molecule has 29 heavy (non-hydrogen) atoms. The minimum absolute atomic E-state index is 0.0708. The first-order valence-electron chi connectivity index (χ1n) is 10.1. The predicted molar refractivity (Wildman–Crippen MR) is 134 cm³/mol. The molecule has 3 rings (SSSR count). The topological polar surface area (TPSA) is 41.9 Å². The number of thioether (sulfide) groups is 1. The van der Waals surface area contributed by atoms with Gasteiger partial charge in [-0.1, -0.05) is 85.5 Å². The Morgan fingerprint density at radius 2 is 2.00 bits per heavy atom. The first kappa shape index (κ1) is 23.0. The van der Waals surface area contributed by atoms with Crippen molar-refractivity contribution in [2.45, 2.75) is 70.9 Å². The van der Waals surface area contributed by atoms with E-state index in [1.165, 1.54) is 4.91 Å². The van der Waals surface area contributed by atoms with E-state index in [0.717, 1.165) is 17.2 Å².